The molecule has 3 heterocycles. The molecule has 0 bridgehead atoms. The third kappa shape index (κ3) is 5.95. The van der Waals surface area contributed by atoms with Crippen LogP contribution in [0.1, 0.15) is 30.0 Å². The van der Waals surface area contributed by atoms with E-state index in [9.17, 15) is 0 Å². The zero-order chi connectivity index (χ0) is 34.7. The minimum absolute atomic E-state index is 0.342. The molecule has 0 fully saturated rings. The summed E-state index contributed by atoms with van der Waals surface area (Å²) in [4.78, 5) is 10.6. The maximum absolute atomic E-state index is 5.38. The lowest BCUT2D eigenvalue weighted by molar-refractivity contribution is 0.727. The van der Waals surface area contributed by atoms with Gasteiger partial charge in [0.1, 0.15) is 12.0 Å². The van der Waals surface area contributed by atoms with Crippen molar-refractivity contribution in [3.05, 3.63) is 185 Å². The fourth-order valence-electron chi connectivity index (χ4n) is 7.09. The molecular weight excluding hydrogens is 737 g/mol. The van der Waals surface area contributed by atoms with E-state index in [1.54, 1.807) is 0 Å². The number of aliphatic imine (C=N–C) groups is 2. The highest BCUT2D eigenvalue weighted by Crippen LogP contribution is 2.37. The van der Waals surface area contributed by atoms with E-state index in [2.05, 4.69) is 178 Å². The highest BCUT2D eigenvalue weighted by Gasteiger charge is 2.28. The van der Waals surface area contributed by atoms with Gasteiger partial charge in [0.2, 0.25) is 0 Å². The standard InChI is InChI=1S/C45H36IN5/c1-3-5-17-33-30-50(37-23-12-9-20-34(33)37)40-26-15-27-41(51-38-24-13-10-21-35(38)36-22-11-14-25-39(36)51)42(40)45-48-43(31(16-4-2)28-29-46)47-44(49-45)32-18-7-6-8-19-32/h3,5-30,43H,1,4H2,2H3,(H,47,48,49)/b17-5-,29-28-,31-16+. The molecule has 8 rings (SSSR count). The number of rotatable bonds is 9. The Hall–Kier alpha value is -5.73. The number of nitrogens with zero attached hydrogens (tertiary/aromatic N) is 4. The number of benzene rings is 5. The highest BCUT2D eigenvalue weighted by molar-refractivity contribution is 14.1. The lowest BCUT2D eigenvalue weighted by Crippen LogP contribution is -2.40. The number of halogens is 1. The minimum atomic E-state index is -0.342. The third-order valence-electron chi connectivity index (χ3n) is 9.28. The Morgan fingerprint density at radius 3 is 2.12 bits per heavy atom. The summed E-state index contributed by atoms with van der Waals surface area (Å²) in [6.07, 6.45) is 13.1. The minimum Gasteiger partial charge on any atom is -0.344 e. The first-order valence-corrected chi connectivity index (χ1v) is 18.4. The predicted octanol–water partition coefficient (Wildman–Crippen LogP) is 11.3. The van der Waals surface area contributed by atoms with Crippen molar-refractivity contribution in [2.45, 2.75) is 19.5 Å². The lowest BCUT2D eigenvalue weighted by Gasteiger charge is -2.27. The molecule has 248 valence electrons. The van der Waals surface area contributed by atoms with Gasteiger partial charge in [-0.2, -0.15) is 0 Å². The number of nitrogens with one attached hydrogen (secondary N) is 1. The fourth-order valence-corrected chi connectivity index (χ4v) is 7.51. The molecule has 0 aliphatic carbocycles. The third-order valence-corrected chi connectivity index (χ3v) is 9.64. The SMILES string of the molecule is C=C/C=C\c1cn(-c2cccc(-n3c4ccccc4c4ccccc43)c2C2=NC(c3ccccc3)=NC(C(/C=C\I)=C/CC)N2)c2ccccc12. The molecule has 7 aromatic rings. The normalized spacial score (nSPS) is 15.2. The van der Waals surface area contributed by atoms with Crippen LogP contribution in [0.4, 0.5) is 0 Å². The smallest absolute Gasteiger partial charge is 0.159 e. The van der Waals surface area contributed by atoms with Crippen LogP contribution in [0.15, 0.2) is 178 Å². The number of fused-ring (bicyclic) bond motifs is 4. The van der Waals surface area contributed by atoms with Gasteiger partial charge in [-0.05, 0) is 52.5 Å². The monoisotopic (exact) mass is 773 g/mol. The largest absolute Gasteiger partial charge is 0.344 e. The van der Waals surface area contributed by atoms with E-state index >= 15 is 0 Å². The molecule has 5 nitrogen and oxygen atoms in total. The van der Waals surface area contributed by atoms with Gasteiger partial charge in [-0.3, -0.25) is 0 Å². The quantitative estimate of drug-likeness (QED) is 0.115. The van der Waals surface area contributed by atoms with Gasteiger partial charge in [-0.1, -0.05) is 151 Å². The summed E-state index contributed by atoms with van der Waals surface area (Å²) in [7, 11) is 0. The van der Waals surface area contributed by atoms with Crippen molar-refractivity contribution in [3.63, 3.8) is 0 Å². The molecular formula is C45H36IN5. The summed E-state index contributed by atoms with van der Waals surface area (Å²) in [5.41, 5.74) is 9.55. The number of para-hydroxylation sites is 3. The Morgan fingerprint density at radius 1 is 0.784 bits per heavy atom. The van der Waals surface area contributed by atoms with Crippen molar-refractivity contribution in [1.82, 2.24) is 14.5 Å². The second-order valence-corrected chi connectivity index (χ2v) is 13.1. The van der Waals surface area contributed by atoms with Crippen LogP contribution in [0.3, 0.4) is 0 Å². The van der Waals surface area contributed by atoms with E-state index in [1.165, 1.54) is 10.8 Å². The highest BCUT2D eigenvalue weighted by atomic mass is 127. The van der Waals surface area contributed by atoms with Gasteiger partial charge in [0.15, 0.2) is 5.84 Å². The van der Waals surface area contributed by atoms with E-state index in [-0.39, 0.29) is 6.17 Å². The van der Waals surface area contributed by atoms with Crippen molar-refractivity contribution < 1.29 is 0 Å². The van der Waals surface area contributed by atoms with Crippen LogP contribution in [-0.2, 0) is 0 Å². The summed E-state index contributed by atoms with van der Waals surface area (Å²) in [6.45, 7) is 6.08. The summed E-state index contributed by atoms with van der Waals surface area (Å²) >= 11 is 2.29. The van der Waals surface area contributed by atoms with Crippen molar-refractivity contribution in [1.29, 1.82) is 0 Å². The first kappa shape index (κ1) is 32.5. The average molecular weight is 774 g/mol. The molecule has 1 N–H and O–H groups in total. The zero-order valence-electron chi connectivity index (χ0n) is 28.2. The Balaban J connectivity index is 1.47. The summed E-state index contributed by atoms with van der Waals surface area (Å²) < 4.78 is 6.73. The molecule has 6 heteroatoms. The van der Waals surface area contributed by atoms with Crippen molar-refractivity contribution in [2.24, 2.45) is 9.98 Å². The molecule has 0 amide bonds. The van der Waals surface area contributed by atoms with Gasteiger partial charge < -0.3 is 14.5 Å². The van der Waals surface area contributed by atoms with Crippen LogP contribution in [0, 0.1) is 0 Å². The van der Waals surface area contributed by atoms with Gasteiger partial charge in [0, 0.05) is 33.5 Å². The van der Waals surface area contributed by atoms with Crippen LogP contribution in [0.2, 0.25) is 0 Å². The molecule has 0 radical (unpaired) electrons. The molecule has 0 saturated heterocycles. The number of amidine groups is 2. The topological polar surface area (TPSA) is 46.6 Å². The lowest BCUT2D eigenvalue weighted by atomic mass is 10.0. The molecule has 1 aliphatic rings. The summed E-state index contributed by atoms with van der Waals surface area (Å²) in [5, 5.41) is 7.39. The first-order chi connectivity index (χ1) is 25.2. The maximum Gasteiger partial charge on any atom is 0.159 e. The summed E-state index contributed by atoms with van der Waals surface area (Å²) in [5.74, 6) is 1.44. The zero-order valence-corrected chi connectivity index (χ0v) is 30.4. The maximum atomic E-state index is 5.38. The summed E-state index contributed by atoms with van der Waals surface area (Å²) in [6, 6.07) is 42.7. The molecule has 51 heavy (non-hydrogen) atoms. The van der Waals surface area contributed by atoms with Crippen LogP contribution in [0.25, 0.3) is 50.2 Å². The van der Waals surface area contributed by atoms with E-state index in [0.717, 1.165) is 67.8 Å². The molecule has 1 unspecified atom stereocenters. The second kappa shape index (κ2) is 14.2. The van der Waals surface area contributed by atoms with E-state index in [0.29, 0.717) is 5.84 Å². The van der Waals surface area contributed by atoms with Gasteiger partial charge in [0.25, 0.3) is 0 Å². The Kier molecular flexibility index (Phi) is 9.07. The first-order valence-electron chi connectivity index (χ1n) is 17.2. The van der Waals surface area contributed by atoms with Crippen LogP contribution >= 0.6 is 22.6 Å². The molecule has 5 aromatic carbocycles. The number of hydrogen-bond acceptors (Lipinski definition) is 3. The van der Waals surface area contributed by atoms with Crippen LogP contribution in [0.5, 0.6) is 0 Å². The Bertz CT molecular complexity index is 2530. The fraction of sp³-hybridized carbons (Fsp3) is 0.0667. The number of hydrogen-bond donors (Lipinski definition) is 1. The predicted molar refractivity (Wildman–Crippen MR) is 225 cm³/mol. The second-order valence-electron chi connectivity index (χ2n) is 12.3. The van der Waals surface area contributed by atoms with E-state index in [4.69, 9.17) is 9.98 Å². The molecule has 0 spiro atoms. The van der Waals surface area contributed by atoms with Crippen LogP contribution in [-0.4, -0.2) is 27.0 Å². The van der Waals surface area contributed by atoms with Gasteiger partial charge in [-0.15, -0.1) is 0 Å². The van der Waals surface area contributed by atoms with E-state index < -0.39 is 0 Å². The molecule has 1 atom stereocenters. The van der Waals surface area contributed by atoms with Crippen molar-refractivity contribution in [3.8, 4) is 11.4 Å². The molecule has 2 aromatic heterocycles. The van der Waals surface area contributed by atoms with Crippen molar-refractivity contribution >= 4 is 73.0 Å². The average Bonchev–Trinajstić information content (AvgIpc) is 3.72. The number of aromatic nitrogens is 2. The Labute approximate surface area is 311 Å². The van der Waals surface area contributed by atoms with E-state index in [1.807, 2.05) is 34.4 Å². The molecule has 1 aliphatic heterocycles. The van der Waals surface area contributed by atoms with Gasteiger partial charge in [0.05, 0.1) is 33.5 Å². The van der Waals surface area contributed by atoms with Gasteiger partial charge in [-0.25, -0.2) is 9.98 Å². The van der Waals surface area contributed by atoms with Crippen molar-refractivity contribution in [2.75, 3.05) is 0 Å². The molecule has 0 saturated carbocycles. The van der Waals surface area contributed by atoms with Crippen LogP contribution < -0.4 is 5.32 Å². The van der Waals surface area contributed by atoms with Gasteiger partial charge >= 0.3 is 0 Å². The Morgan fingerprint density at radius 2 is 1.43 bits per heavy atom. The number of allylic oxidation sites excluding steroid dienone is 3.